The summed E-state index contributed by atoms with van der Waals surface area (Å²) in [5.41, 5.74) is 7.37. The number of hydrogen-bond donors (Lipinski definition) is 2. The summed E-state index contributed by atoms with van der Waals surface area (Å²) in [5, 5.41) is 1.26. The number of nitrogens with two attached hydrogens (primary N) is 2. The Hall–Kier alpha value is -2.95. The quantitative estimate of drug-likeness (QED) is 0.327. The lowest BCUT2D eigenvalue weighted by atomic mass is 9.76. The zero-order chi connectivity index (χ0) is 17.7. The third-order valence-corrected chi connectivity index (χ3v) is 4.38. The summed E-state index contributed by atoms with van der Waals surface area (Å²) < 4.78 is 0. The van der Waals surface area contributed by atoms with E-state index in [-0.39, 0.29) is 12.5 Å². The Morgan fingerprint density at radius 2 is 1.04 bits per heavy atom. The van der Waals surface area contributed by atoms with E-state index >= 15 is 0 Å². The predicted molar refractivity (Wildman–Crippen MR) is 99.3 cm³/mol. The number of hydrogen-bond acceptors (Lipinski definition) is 3. The minimum absolute atomic E-state index is 0.162. The Morgan fingerprint density at radius 3 is 1.32 bits per heavy atom. The molecular weight excluding hydrogens is 310 g/mol. The van der Waals surface area contributed by atoms with Crippen LogP contribution in [0.1, 0.15) is 16.7 Å². The van der Waals surface area contributed by atoms with Crippen LogP contribution in [-0.2, 0) is 10.3 Å². The van der Waals surface area contributed by atoms with E-state index in [1.54, 1.807) is 0 Å². The fourth-order valence-electron chi connectivity index (χ4n) is 3.24. The first-order valence-corrected chi connectivity index (χ1v) is 8.15. The monoisotopic (exact) mass is 331 g/mol. The average molecular weight is 331 g/mol. The molecule has 0 atom stereocenters. The van der Waals surface area contributed by atoms with Crippen LogP contribution in [0.15, 0.2) is 91.0 Å². The summed E-state index contributed by atoms with van der Waals surface area (Å²) in [6, 6.07) is 29.3. The van der Waals surface area contributed by atoms with E-state index in [1.165, 1.54) is 5.01 Å². The van der Waals surface area contributed by atoms with Gasteiger partial charge in [0.15, 0.2) is 0 Å². The standard InChI is InChI=1S/C21H21N3O/c22-16-20(25)24(23)21(17-10-4-1-5-11-17,18-12-6-2-7-13-18)19-14-8-3-9-15-19/h1-15H,16,22-23H2. The van der Waals surface area contributed by atoms with Crippen molar-refractivity contribution in [2.45, 2.75) is 5.54 Å². The van der Waals surface area contributed by atoms with Gasteiger partial charge in [-0.3, -0.25) is 9.80 Å². The van der Waals surface area contributed by atoms with E-state index in [2.05, 4.69) is 0 Å². The van der Waals surface area contributed by atoms with E-state index in [9.17, 15) is 4.79 Å². The molecule has 0 heterocycles. The van der Waals surface area contributed by atoms with Crippen molar-refractivity contribution < 1.29 is 4.79 Å². The summed E-state index contributed by atoms with van der Waals surface area (Å²) in [4.78, 5) is 12.6. The second kappa shape index (κ2) is 7.30. The predicted octanol–water partition coefficient (Wildman–Crippen LogP) is 2.64. The highest BCUT2D eigenvalue weighted by Gasteiger charge is 2.43. The van der Waals surface area contributed by atoms with Crippen LogP contribution >= 0.6 is 0 Å². The number of nitrogens with zero attached hydrogens (tertiary/aromatic N) is 1. The maximum Gasteiger partial charge on any atom is 0.251 e. The fraction of sp³-hybridized carbons (Fsp3) is 0.0952. The highest BCUT2D eigenvalue weighted by Crippen LogP contribution is 2.40. The number of carbonyl (C=O) groups is 1. The second-order valence-electron chi connectivity index (χ2n) is 5.78. The lowest BCUT2D eigenvalue weighted by Gasteiger charge is -2.42. The molecule has 3 aromatic rings. The molecular formula is C21H21N3O. The third-order valence-electron chi connectivity index (χ3n) is 4.38. The summed E-state index contributed by atoms with van der Waals surface area (Å²) in [6.07, 6.45) is 0. The molecule has 0 aliphatic heterocycles. The van der Waals surface area contributed by atoms with Crippen molar-refractivity contribution in [2.75, 3.05) is 6.54 Å². The molecule has 0 saturated heterocycles. The summed E-state index contributed by atoms with van der Waals surface area (Å²) in [5.74, 6) is 6.07. The summed E-state index contributed by atoms with van der Waals surface area (Å²) >= 11 is 0. The Labute approximate surface area is 147 Å². The molecule has 0 unspecified atom stereocenters. The molecule has 0 saturated carbocycles. The van der Waals surface area contributed by atoms with Gasteiger partial charge in [0.25, 0.3) is 5.91 Å². The van der Waals surface area contributed by atoms with Gasteiger partial charge in [0, 0.05) is 0 Å². The van der Waals surface area contributed by atoms with Crippen molar-refractivity contribution in [3.63, 3.8) is 0 Å². The topological polar surface area (TPSA) is 72.4 Å². The number of hydrazine groups is 1. The van der Waals surface area contributed by atoms with Crippen LogP contribution in [0.3, 0.4) is 0 Å². The number of amides is 1. The van der Waals surface area contributed by atoms with Crippen molar-refractivity contribution in [3.8, 4) is 0 Å². The minimum atomic E-state index is -0.958. The number of carbonyl (C=O) groups excluding carboxylic acids is 1. The highest BCUT2D eigenvalue weighted by molar-refractivity contribution is 5.80. The molecule has 0 fully saturated rings. The average Bonchev–Trinajstić information content (AvgIpc) is 2.70. The van der Waals surface area contributed by atoms with Gasteiger partial charge in [-0.2, -0.15) is 0 Å². The molecule has 0 spiro atoms. The van der Waals surface area contributed by atoms with E-state index in [0.29, 0.717) is 0 Å². The van der Waals surface area contributed by atoms with Gasteiger partial charge >= 0.3 is 0 Å². The molecule has 0 aliphatic carbocycles. The first-order chi connectivity index (χ1) is 12.2. The summed E-state index contributed by atoms with van der Waals surface area (Å²) in [7, 11) is 0. The van der Waals surface area contributed by atoms with Gasteiger partial charge in [-0.25, -0.2) is 5.84 Å². The zero-order valence-electron chi connectivity index (χ0n) is 13.9. The number of rotatable bonds is 5. The van der Waals surface area contributed by atoms with Gasteiger partial charge in [-0.05, 0) is 16.7 Å². The van der Waals surface area contributed by atoms with Crippen LogP contribution < -0.4 is 11.6 Å². The maximum absolute atomic E-state index is 12.6. The Bertz CT molecular complexity index is 723. The van der Waals surface area contributed by atoms with Crippen molar-refractivity contribution in [2.24, 2.45) is 11.6 Å². The van der Waals surface area contributed by atoms with Crippen LogP contribution in [0.5, 0.6) is 0 Å². The molecule has 0 radical (unpaired) electrons. The van der Waals surface area contributed by atoms with Gasteiger partial charge in [0.05, 0.1) is 6.54 Å². The molecule has 0 aliphatic rings. The van der Waals surface area contributed by atoms with Crippen LogP contribution in [0, 0.1) is 0 Å². The van der Waals surface area contributed by atoms with Crippen LogP contribution in [-0.4, -0.2) is 17.5 Å². The molecule has 3 rings (SSSR count). The van der Waals surface area contributed by atoms with Crippen molar-refractivity contribution in [1.29, 1.82) is 0 Å². The van der Waals surface area contributed by atoms with Crippen LogP contribution in [0.4, 0.5) is 0 Å². The van der Waals surface area contributed by atoms with Gasteiger partial charge in [0.1, 0.15) is 5.54 Å². The third kappa shape index (κ3) is 2.93. The lowest BCUT2D eigenvalue weighted by molar-refractivity contribution is -0.134. The van der Waals surface area contributed by atoms with E-state index in [4.69, 9.17) is 11.6 Å². The molecule has 3 aromatic carbocycles. The van der Waals surface area contributed by atoms with E-state index < -0.39 is 5.54 Å². The SMILES string of the molecule is NCC(=O)N(N)C(c1ccccc1)(c1ccccc1)c1ccccc1. The maximum atomic E-state index is 12.6. The Balaban J connectivity index is 2.38. The first-order valence-electron chi connectivity index (χ1n) is 8.15. The fourth-order valence-corrected chi connectivity index (χ4v) is 3.24. The number of benzene rings is 3. The van der Waals surface area contributed by atoms with Gasteiger partial charge in [0.2, 0.25) is 0 Å². The Morgan fingerprint density at radius 1 is 0.720 bits per heavy atom. The molecule has 4 heteroatoms. The van der Waals surface area contributed by atoms with Crippen molar-refractivity contribution in [1.82, 2.24) is 5.01 Å². The van der Waals surface area contributed by atoms with Gasteiger partial charge < -0.3 is 5.73 Å². The molecule has 0 bridgehead atoms. The molecule has 25 heavy (non-hydrogen) atoms. The lowest BCUT2D eigenvalue weighted by Crippen LogP contribution is -2.56. The van der Waals surface area contributed by atoms with Crippen LogP contribution in [0.2, 0.25) is 0 Å². The van der Waals surface area contributed by atoms with E-state index in [0.717, 1.165) is 16.7 Å². The smallest absolute Gasteiger partial charge is 0.251 e. The molecule has 4 nitrogen and oxygen atoms in total. The molecule has 4 N–H and O–H groups in total. The summed E-state index contributed by atoms with van der Waals surface area (Å²) in [6.45, 7) is -0.162. The van der Waals surface area contributed by atoms with Crippen LogP contribution in [0.25, 0.3) is 0 Å². The van der Waals surface area contributed by atoms with Crippen molar-refractivity contribution in [3.05, 3.63) is 108 Å². The van der Waals surface area contributed by atoms with Crippen molar-refractivity contribution >= 4 is 5.91 Å². The normalized spacial score (nSPS) is 11.1. The zero-order valence-corrected chi connectivity index (χ0v) is 13.9. The highest BCUT2D eigenvalue weighted by atomic mass is 16.2. The Kier molecular flexibility index (Phi) is 4.93. The molecule has 126 valence electrons. The van der Waals surface area contributed by atoms with Gasteiger partial charge in [-0.1, -0.05) is 91.0 Å². The van der Waals surface area contributed by atoms with E-state index in [1.807, 2.05) is 91.0 Å². The first kappa shape index (κ1) is 16.9. The van der Waals surface area contributed by atoms with Gasteiger partial charge in [-0.15, -0.1) is 0 Å². The molecule has 1 amide bonds. The molecule has 0 aromatic heterocycles. The minimum Gasteiger partial charge on any atom is -0.322 e. The second-order valence-corrected chi connectivity index (χ2v) is 5.78. The largest absolute Gasteiger partial charge is 0.322 e.